The molecule has 0 fully saturated rings. The number of nitrogens with one attached hydrogen (secondary N) is 1. The van der Waals surface area contributed by atoms with Gasteiger partial charge in [-0.2, -0.15) is 5.10 Å². The molecule has 1 N–H and O–H groups in total. The number of hydrogen-bond acceptors (Lipinski definition) is 3. The van der Waals surface area contributed by atoms with Crippen LogP contribution in [0, 0.1) is 6.92 Å². The fraction of sp³-hybridized carbons (Fsp3) is 0.263. The van der Waals surface area contributed by atoms with Gasteiger partial charge in [-0.3, -0.25) is 9.48 Å². The van der Waals surface area contributed by atoms with Gasteiger partial charge in [0.15, 0.2) is 0 Å². The van der Waals surface area contributed by atoms with Crippen molar-refractivity contribution in [3.05, 3.63) is 59.8 Å². The molecule has 1 amide bonds. The fourth-order valence-corrected chi connectivity index (χ4v) is 2.70. The minimum absolute atomic E-state index is 0.0270. The van der Waals surface area contributed by atoms with Crippen LogP contribution in [0.3, 0.4) is 0 Å². The number of rotatable bonds is 6. The van der Waals surface area contributed by atoms with Crippen molar-refractivity contribution >= 4 is 22.5 Å². The number of carbonyl (C=O) groups is 1. The number of anilines is 1. The van der Waals surface area contributed by atoms with Crippen molar-refractivity contribution < 1.29 is 9.53 Å². The van der Waals surface area contributed by atoms with E-state index in [0.29, 0.717) is 19.6 Å². The number of ether oxygens (including phenoxy) is 1. The Kier molecular flexibility index (Phi) is 4.91. The molecule has 3 rings (SSSR count). The van der Waals surface area contributed by atoms with Gasteiger partial charge in [0, 0.05) is 24.6 Å². The second-order valence-corrected chi connectivity index (χ2v) is 5.86. The molecule has 0 bridgehead atoms. The Morgan fingerprint density at radius 2 is 2.12 bits per heavy atom. The molecule has 124 valence electrons. The highest BCUT2D eigenvalue weighted by Gasteiger charge is 2.07. The molecule has 0 saturated carbocycles. The average Bonchev–Trinajstić information content (AvgIpc) is 2.96. The van der Waals surface area contributed by atoms with Crippen LogP contribution in [0.4, 0.5) is 5.69 Å². The minimum Gasteiger partial charge on any atom is -0.380 e. The Bertz CT molecular complexity index is 855. The topological polar surface area (TPSA) is 56.1 Å². The molecule has 0 saturated heterocycles. The Morgan fingerprint density at radius 1 is 1.25 bits per heavy atom. The van der Waals surface area contributed by atoms with Gasteiger partial charge in [0.05, 0.1) is 24.9 Å². The van der Waals surface area contributed by atoms with Crippen molar-refractivity contribution in [3.63, 3.8) is 0 Å². The van der Waals surface area contributed by atoms with E-state index >= 15 is 0 Å². The molecular formula is C19H21N3O2. The molecule has 3 aromatic rings. The van der Waals surface area contributed by atoms with Crippen molar-refractivity contribution in [2.75, 3.05) is 12.4 Å². The van der Waals surface area contributed by atoms with Gasteiger partial charge in [0.25, 0.3) is 0 Å². The quantitative estimate of drug-likeness (QED) is 0.755. The highest BCUT2D eigenvalue weighted by Crippen LogP contribution is 2.16. The van der Waals surface area contributed by atoms with Crippen LogP contribution < -0.4 is 5.32 Å². The zero-order chi connectivity index (χ0) is 16.9. The van der Waals surface area contributed by atoms with Crippen molar-refractivity contribution in [3.8, 4) is 0 Å². The Morgan fingerprint density at radius 3 is 2.96 bits per heavy atom. The van der Waals surface area contributed by atoms with Gasteiger partial charge in [-0.15, -0.1) is 0 Å². The zero-order valence-corrected chi connectivity index (χ0v) is 14.0. The number of aromatic nitrogens is 2. The van der Waals surface area contributed by atoms with E-state index in [1.807, 2.05) is 35.1 Å². The molecule has 1 heterocycles. The summed E-state index contributed by atoms with van der Waals surface area (Å²) < 4.78 is 6.99. The van der Waals surface area contributed by atoms with Crippen LogP contribution in [0.5, 0.6) is 0 Å². The van der Waals surface area contributed by atoms with E-state index in [-0.39, 0.29) is 5.91 Å². The second kappa shape index (κ2) is 7.27. The molecule has 5 heteroatoms. The monoisotopic (exact) mass is 323 g/mol. The number of nitrogens with zero attached hydrogens (tertiary/aromatic N) is 2. The van der Waals surface area contributed by atoms with Crippen LogP contribution in [0.2, 0.25) is 0 Å². The molecular weight excluding hydrogens is 302 g/mol. The number of aryl methyl sites for hydroxylation is 2. The van der Waals surface area contributed by atoms with Crippen molar-refractivity contribution in [2.45, 2.75) is 26.5 Å². The third-order valence-electron chi connectivity index (χ3n) is 3.87. The van der Waals surface area contributed by atoms with Gasteiger partial charge >= 0.3 is 0 Å². The molecule has 24 heavy (non-hydrogen) atoms. The first-order valence-electron chi connectivity index (χ1n) is 7.95. The van der Waals surface area contributed by atoms with Crippen molar-refractivity contribution in [1.82, 2.24) is 9.78 Å². The van der Waals surface area contributed by atoms with Crippen molar-refractivity contribution in [2.24, 2.45) is 0 Å². The molecule has 5 nitrogen and oxygen atoms in total. The van der Waals surface area contributed by atoms with Crippen LogP contribution in [-0.4, -0.2) is 22.8 Å². The average molecular weight is 323 g/mol. The molecule has 0 aliphatic carbocycles. The Labute approximate surface area is 141 Å². The molecule has 0 spiro atoms. The maximum Gasteiger partial charge on any atom is 0.226 e. The normalized spacial score (nSPS) is 10.9. The van der Waals surface area contributed by atoms with E-state index in [0.717, 1.165) is 22.2 Å². The lowest BCUT2D eigenvalue weighted by atomic mass is 10.2. The lowest BCUT2D eigenvalue weighted by Crippen LogP contribution is -2.15. The predicted octanol–water partition coefficient (Wildman–Crippen LogP) is 3.52. The van der Waals surface area contributed by atoms with E-state index in [1.54, 1.807) is 7.11 Å². The predicted molar refractivity (Wildman–Crippen MR) is 94.9 cm³/mol. The summed E-state index contributed by atoms with van der Waals surface area (Å²) in [6.07, 6.45) is 2.21. The zero-order valence-electron chi connectivity index (χ0n) is 14.0. The molecule has 0 radical (unpaired) electrons. The van der Waals surface area contributed by atoms with Gasteiger partial charge in [-0.05, 0) is 36.2 Å². The number of amides is 1. The summed E-state index contributed by atoms with van der Waals surface area (Å²) in [5.74, 6) is -0.0270. The lowest BCUT2D eigenvalue weighted by molar-refractivity contribution is -0.116. The van der Waals surface area contributed by atoms with Crippen LogP contribution in [0.1, 0.15) is 17.5 Å². The summed E-state index contributed by atoms with van der Waals surface area (Å²) in [5.41, 5.74) is 4.06. The first kappa shape index (κ1) is 16.2. The van der Waals surface area contributed by atoms with E-state index in [4.69, 9.17) is 4.74 Å². The third-order valence-corrected chi connectivity index (χ3v) is 3.87. The van der Waals surface area contributed by atoms with Gasteiger partial charge < -0.3 is 10.1 Å². The third kappa shape index (κ3) is 3.81. The maximum atomic E-state index is 12.2. The van der Waals surface area contributed by atoms with E-state index in [1.165, 1.54) is 5.56 Å². The van der Waals surface area contributed by atoms with Crippen molar-refractivity contribution in [1.29, 1.82) is 0 Å². The summed E-state index contributed by atoms with van der Waals surface area (Å²) in [7, 11) is 1.65. The smallest absolute Gasteiger partial charge is 0.226 e. The maximum absolute atomic E-state index is 12.2. The highest BCUT2D eigenvalue weighted by molar-refractivity contribution is 5.90. The van der Waals surface area contributed by atoms with Crippen LogP contribution in [0.25, 0.3) is 10.9 Å². The van der Waals surface area contributed by atoms with Gasteiger partial charge in [-0.25, -0.2) is 0 Å². The second-order valence-electron chi connectivity index (χ2n) is 5.86. The van der Waals surface area contributed by atoms with Crippen LogP contribution >= 0.6 is 0 Å². The molecule has 2 aromatic carbocycles. The minimum atomic E-state index is -0.0270. The van der Waals surface area contributed by atoms with E-state index in [2.05, 4.69) is 35.5 Å². The van der Waals surface area contributed by atoms with E-state index < -0.39 is 0 Å². The molecule has 0 unspecified atom stereocenters. The first-order chi connectivity index (χ1) is 11.7. The molecule has 0 aliphatic rings. The van der Waals surface area contributed by atoms with E-state index in [9.17, 15) is 4.79 Å². The van der Waals surface area contributed by atoms with Crippen LogP contribution in [0.15, 0.2) is 48.7 Å². The highest BCUT2D eigenvalue weighted by atomic mass is 16.5. The summed E-state index contributed by atoms with van der Waals surface area (Å²) in [5, 5.41) is 8.39. The molecule has 0 atom stereocenters. The summed E-state index contributed by atoms with van der Waals surface area (Å²) in [6, 6.07) is 13.9. The SMILES string of the molecule is COCc1cccc(NC(=O)CCn2ncc3ccc(C)cc32)c1. The van der Waals surface area contributed by atoms with Gasteiger partial charge in [-0.1, -0.05) is 24.3 Å². The first-order valence-corrected chi connectivity index (χ1v) is 7.95. The largest absolute Gasteiger partial charge is 0.380 e. The molecule has 0 aliphatic heterocycles. The molecule has 1 aromatic heterocycles. The van der Waals surface area contributed by atoms with Gasteiger partial charge in [0.2, 0.25) is 5.91 Å². The summed E-state index contributed by atoms with van der Waals surface area (Å²) in [4.78, 5) is 12.2. The Balaban J connectivity index is 1.62. The summed E-state index contributed by atoms with van der Waals surface area (Å²) >= 11 is 0. The lowest BCUT2D eigenvalue weighted by Gasteiger charge is -2.08. The number of methoxy groups -OCH3 is 1. The number of benzene rings is 2. The standard InChI is InChI=1S/C19H21N3O2/c1-14-6-7-16-12-20-22(18(16)10-14)9-8-19(23)21-17-5-3-4-15(11-17)13-24-2/h3-7,10-12H,8-9,13H2,1-2H3,(H,21,23). The number of carbonyl (C=O) groups excluding carboxylic acids is 1. The fourth-order valence-electron chi connectivity index (χ4n) is 2.70. The van der Waals surface area contributed by atoms with Gasteiger partial charge in [0.1, 0.15) is 0 Å². The van der Waals surface area contributed by atoms with Crippen LogP contribution in [-0.2, 0) is 22.7 Å². The number of fused-ring (bicyclic) bond motifs is 1. The Hall–Kier alpha value is -2.66. The number of hydrogen-bond donors (Lipinski definition) is 1. The summed E-state index contributed by atoms with van der Waals surface area (Å²) in [6.45, 7) is 3.13.